The van der Waals surface area contributed by atoms with Crippen LogP contribution in [-0.4, -0.2) is 96.7 Å². The Balaban J connectivity index is 5.27. The molecule has 101 heavy (non-hydrogen) atoms. The average molecular weight is 1480 g/mol. The molecule has 17 nitrogen and oxygen atoms in total. The van der Waals surface area contributed by atoms with E-state index < -0.39 is 97.5 Å². The average Bonchev–Trinajstić information content (AvgIpc) is 0.978. The van der Waals surface area contributed by atoms with E-state index in [2.05, 4.69) is 58.9 Å². The van der Waals surface area contributed by atoms with Crippen molar-refractivity contribution in [3.63, 3.8) is 0 Å². The van der Waals surface area contributed by atoms with Gasteiger partial charge in [-0.2, -0.15) is 0 Å². The van der Waals surface area contributed by atoms with E-state index in [0.29, 0.717) is 25.7 Å². The molecule has 0 spiro atoms. The molecule has 3 N–H and O–H groups in total. The Morgan fingerprint density at radius 1 is 0.307 bits per heavy atom. The molecule has 0 fully saturated rings. The maximum absolute atomic E-state index is 13.1. The largest absolute Gasteiger partial charge is 0.472 e. The number of aliphatic hydroxyl groups is 1. The van der Waals surface area contributed by atoms with Crippen LogP contribution < -0.4 is 0 Å². The third-order valence-electron chi connectivity index (χ3n) is 18.7. The minimum Gasteiger partial charge on any atom is -0.462 e. The Labute approximate surface area is 618 Å². The van der Waals surface area contributed by atoms with Crippen molar-refractivity contribution in [1.82, 2.24) is 0 Å². The van der Waals surface area contributed by atoms with E-state index in [-0.39, 0.29) is 25.7 Å². The summed E-state index contributed by atoms with van der Waals surface area (Å²) >= 11 is 0. The quantitative estimate of drug-likeness (QED) is 0.0169. The van der Waals surface area contributed by atoms with Gasteiger partial charge in [-0.05, 0) is 57.3 Å². The summed E-state index contributed by atoms with van der Waals surface area (Å²) < 4.78 is 68.7. The predicted octanol–water partition coefficient (Wildman–Crippen LogP) is 24.4. The number of esters is 4. The lowest BCUT2D eigenvalue weighted by molar-refractivity contribution is -0.161. The minimum atomic E-state index is -4.97. The number of hydrogen-bond acceptors (Lipinski definition) is 15. The fraction of sp³-hybridized carbons (Fsp3) is 0.902. The van der Waals surface area contributed by atoms with Crippen LogP contribution >= 0.6 is 15.6 Å². The van der Waals surface area contributed by atoms with Crippen molar-refractivity contribution >= 4 is 39.5 Å². The highest BCUT2D eigenvalue weighted by Gasteiger charge is 2.30. The Morgan fingerprint density at radius 3 is 0.812 bits per heavy atom. The second kappa shape index (κ2) is 74.4. The Bertz CT molecular complexity index is 2020. The third kappa shape index (κ3) is 75.6. The summed E-state index contributed by atoms with van der Waals surface area (Å²) in [6.07, 6.45) is 68.7. The molecule has 0 saturated heterocycles. The molecule has 0 aliphatic carbocycles. The molecule has 0 aromatic rings. The van der Waals surface area contributed by atoms with E-state index in [0.717, 1.165) is 109 Å². The minimum absolute atomic E-state index is 0.0856. The zero-order valence-electron chi connectivity index (χ0n) is 65.5. The molecule has 0 amide bonds. The number of phosphoric acid groups is 2. The highest BCUT2D eigenvalue weighted by atomic mass is 31.2. The molecule has 0 heterocycles. The van der Waals surface area contributed by atoms with Crippen LogP contribution in [-0.2, 0) is 65.4 Å². The number of ether oxygens (including phenoxy) is 4. The van der Waals surface area contributed by atoms with Gasteiger partial charge in [0.25, 0.3) is 0 Å². The lowest BCUT2D eigenvalue weighted by atomic mass is 10.0. The highest BCUT2D eigenvalue weighted by Crippen LogP contribution is 2.45. The molecule has 0 rings (SSSR count). The molecular weight excluding hydrogens is 1320 g/mol. The molecule has 0 radical (unpaired) electrons. The molecule has 0 aliphatic rings. The Morgan fingerprint density at radius 2 is 0.535 bits per heavy atom. The first-order chi connectivity index (χ1) is 49.0. The van der Waals surface area contributed by atoms with Crippen molar-refractivity contribution in [3.8, 4) is 0 Å². The molecule has 0 bridgehead atoms. The van der Waals surface area contributed by atoms with Crippen molar-refractivity contribution in [2.75, 3.05) is 39.6 Å². The smallest absolute Gasteiger partial charge is 0.462 e. The fourth-order valence-electron chi connectivity index (χ4n) is 12.2. The summed E-state index contributed by atoms with van der Waals surface area (Å²) in [5.41, 5.74) is 0. The van der Waals surface area contributed by atoms with Crippen molar-refractivity contribution in [2.45, 2.75) is 432 Å². The maximum atomic E-state index is 13.1. The first-order valence-electron chi connectivity index (χ1n) is 42.0. The first kappa shape index (κ1) is 98.5. The summed E-state index contributed by atoms with van der Waals surface area (Å²) in [6.45, 7) is 7.29. The van der Waals surface area contributed by atoms with Crippen LogP contribution in [0.25, 0.3) is 0 Å². The number of carbonyl (C=O) groups is 4. The summed E-state index contributed by atoms with van der Waals surface area (Å²) in [4.78, 5) is 73.0. The summed E-state index contributed by atoms with van der Waals surface area (Å²) in [7, 11) is -9.93. The molecule has 596 valence electrons. The Kier molecular flexibility index (Phi) is 72.6. The lowest BCUT2D eigenvalue weighted by Crippen LogP contribution is -2.30. The van der Waals surface area contributed by atoms with Crippen LogP contribution in [0.15, 0.2) is 24.3 Å². The third-order valence-corrected chi connectivity index (χ3v) is 20.6. The predicted molar refractivity (Wildman–Crippen MR) is 414 cm³/mol. The number of carbonyl (C=O) groups excluding carboxylic acids is 4. The zero-order valence-corrected chi connectivity index (χ0v) is 67.3. The molecule has 19 heteroatoms. The summed E-state index contributed by atoms with van der Waals surface area (Å²) in [6, 6.07) is 0. The van der Waals surface area contributed by atoms with Gasteiger partial charge in [0.05, 0.1) is 26.4 Å². The van der Waals surface area contributed by atoms with Crippen molar-refractivity contribution in [2.24, 2.45) is 5.92 Å². The molecule has 5 atom stereocenters. The number of hydrogen-bond donors (Lipinski definition) is 3. The van der Waals surface area contributed by atoms with E-state index >= 15 is 0 Å². The van der Waals surface area contributed by atoms with Gasteiger partial charge in [-0.25, -0.2) is 9.13 Å². The number of allylic oxidation sites excluding steroid dienone is 4. The highest BCUT2D eigenvalue weighted by molar-refractivity contribution is 7.47. The van der Waals surface area contributed by atoms with Crippen LogP contribution in [0.2, 0.25) is 0 Å². The normalized spacial score (nSPS) is 14.0. The van der Waals surface area contributed by atoms with Gasteiger partial charge >= 0.3 is 39.5 Å². The van der Waals surface area contributed by atoms with Crippen LogP contribution in [0, 0.1) is 5.92 Å². The monoisotopic (exact) mass is 1480 g/mol. The van der Waals surface area contributed by atoms with Gasteiger partial charge in [-0.3, -0.25) is 37.3 Å². The van der Waals surface area contributed by atoms with Gasteiger partial charge in [0.1, 0.15) is 19.3 Å². The first-order valence-corrected chi connectivity index (χ1v) is 44.9. The van der Waals surface area contributed by atoms with Gasteiger partial charge in [-0.1, -0.05) is 361 Å². The van der Waals surface area contributed by atoms with Crippen molar-refractivity contribution < 1.29 is 80.2 Å². The van der Waals surface area contributed by atoms with E-state index in [4.69, 9.17) is 37.0 Å². The SMILES string of the molecule is CCCCCC/C=C\C=C/CCCCCCCC(=O)O[C@H](COC(=O)CCCCCCCCCCCC)COP(=O)(O)OC[C@H](O)COP(=O)(O)OC[C@@H](COC(=O)CCCCCCCCCCCCCCCCCCC)OC(=O)CCCCCCCCCCCCCCCCCCC(C)C. The topological polar surface area (TPSA) is 237 Å². The molecule has 0 saturated carbocycles. The van der Waals surface area contributed by atoms with Crippen LogP contribution in [0.3, 0.4) is 0 Å². The Hall–Kier alpha value is -2.46. The van der Waals surface area contributed by atoms with Gasteiger partial charge < -0.3 is 33.8 Å². The van der Waals surface area contributed by atoms with E-state index in [9.17, 15) is 43.2 Å². The van der Waals surface area contributed by atoms with Gasteiger partial charge in [-0.15, -0.1) is 0 Å². The van der Waals surface area contributed by atoms with E-state index in [1.54, 1.807) is 0 Å². The standard InChI is InChI=1S/C82H156O17P2/c1-6-9-12-15-18-21-24-26-28-29-34-37-41-46-51-56-61-66-80(85)93-72-78(99-82(87)68-63-58-53-48-43-39-35-31-30-33-36-40-44-49-54-59-64-75(4)5)74-97-101(90,91)95-70-76(83)69-94-100(88,89)96-73-77(71-92-79(84)65-60-55-50-45-23-20-17-14-11-8-3)98-81(86)67-62-57-52-47-42-38-32-27-25-22-19-16-13-10-7-2/h22,25,27,32,75-78,83H,6-21,23-24,26,28-31,33-74H2,1-5H3,(H,88,89)(H,90,91)/b25-22-,32-27-/t76-,77+,78+/m0/s1. The molecule has 2 unspecified atom stereocenters. The molecule has 0 aromatic heterocycles. The molecular formula is C82H156O17P2. The zero-order chi connectivity index (χ0) is 74.1. The van der Waals surface area contributed by atoms with Crippen molar-refractivity contribution in [3.05, 3.63) is 24.3 Å². The van der Waals surface area contributed by atoms with Crippen molar-refractivity contribution in [1.29, 1.82) is 0 Å². The molecule has 0 aliphatic heterocycles. The van der Waals surface area contributed by atoms with Gasteiger partial charge in [0, 0.05) is 25.7 Å². The lowest BCUT2D eigenvalue weighted by Gasteiger charge is -2.21. The number of aliphatic hydroxyl groups excluding tert-OH is 1. The number of unbranched alkanes of at least 4 members (excludes halogenated alkanes) is 49. The number of phosphoric ester groups is 2. The van der Waals surface area contributed by atoms with Crippen LogP contribution in [0.1, 0.15) is 413 Å². The fourth-order valence-corrected chi connectivity index (χ4v) is 13.8. The van der Waals surface area contributed by atoms with Gasteiger partial charge in [0.15, 0.2) is 12.2 Å². The molecule has 0 aromatic carbocycles. The second-order valence-electron chi connectivity index (χ2n) is 29.3. The summed E-state index contributed by atoms with van der Waals surface area (Å²) in [5.74, 6) is -1.33. The van der Waals surface area contributed by atoms with E-state index in [1.807, 2.05) is 0 Å². The van der Waals surface area contributed by atoms with E-state index in [1.165, 1.54) is 225 Å². The maximum Gasteiger partial charge on any atom is 0.472 e. The summed E-state index contributed by atoms with van der Waals surface area (Å²) in [5, 5.41) is 10.6. The van der Waals surface area contributed by atoms with Crippen LogP contribution in [0.4, 0.5) is 0 Å². The van der Waals surface area contributed by atoms with Gasteiger partial charge in [0.2, 0.25) is 0 Å². The number of rotatable bonds is 80. The second-order valence-corrected chi connectivity index (χ2v) is 32.2. The van der Waals surface area contributed by atoms with Crippen LogP contribution in [0.5, 0.6) is 0 Å².